The molecule has 0 aromatic heterocycles. The summed E-state index contributed by atoms with van der Waals surface area (Å²) in [5.41, 5.74) is 0. The van der Waals surface area contributed by atoms with Crippen LogP contribution in [0.25, 0.3) is 0 Å². The van der Waals surface area contributed by atoms with Crippen LogP contribution in [0.3, 0.4) is 0 Å². The number of halogens is 1. The summed E-state index contributed by atoms with van der Waals surface area (Å²) in [6, 6.07) is 0. The number of hydrogen-bond donors (Lipinski definition) is 0. The second-order valence-electron chi connectivity index (χ2n) is 2.81. The molecule has 0 saturated heterocycles. The molecule has 0 saturated carbocycles. The van der Waals surface area contributed by atoms with Crippen LogP contribution in [0.5, 0.6) is 0 Å². The van der Waals surface area contributed by atoms with Gasteiger partial charge in [-0.15, -0.1) is 0 Å². The number of unbranched alkanes of at least 4 members (excludes halogenated alkanes) is 3. The average molecular weight is 277 g/mol. The average Bonchev–Trinajstić information content (AvgIpc) is 2.05. The summed E-state index contributed by atoms with van der Waals surface area (Å²) in [6.07, 6.45) is 4.51. The first-order valence-electron chi connectivity index (χ1n) is 4.83. The van der Waals surface area contributed by atoms with Crippen LogP contribution in [0, 0.1) is 6.92 Å². The van der Waals surface area contributed by atoms with Gasteiger partial charge < -0.3 is 33.4 Å². The van der Waals surface area contributed by atoms with Crippen molar-refractivity contribution in [3.8, 4) is 0 Å². The molecular formula is C10H21BrMgO2. The maximum atomic E-state index is 5.39. The Bertz CT molecular complexity index is 94.2. The van der Waals surface area contributed by atoms with E-state index in [4.69, 9.17) is 9.47 Å². The van der Waals surface area contributed by atoms with Gasteiger partial charge in [0.1, 0.15) is 0 Å². The molecule has 0 aliphatic heterocycles. The minimum Gasteiger partial charge on any atom is -1.00 e. The van der Waals surface area contributed by atoms with Crippen LogP contribution in [0.1, 0.15) is 39.5 Å². The summed E-state index contributed by atoms with van der Waals surface area (Å²) in [4.78, 5) is 0. The molecule has 0 spiro atoms. The SMILES string of the molecule is [Br-].[CH2-]CCCCCOC(C)OCC.[Mg+2]. The Kier molecular flexibility index (Phi) is 24.4. The van der Waals surface area contributed by atoms with Crippen LogP contribution >= 0.6 is 0 Å². The molecule has 4 heteroatoms. The summed E-state index contributed by atoms with van der Waals surface area (Å²) < 4.78 is 10.6. The zero-order chi connectivity index (χ0) is 9.23. The number of hydrogen-bond acceptors (Lipinski definition) is 2. The molecule has 0 amide bonds. The maximum Gasteiger partial charge on any atom is 2.00 e. The third kappa shape index (κ3) is 15.6. The zero-order valence-electron chi connectivity index (χ0n) is 9.43. The summed E-state index contributed by atoms with van der Waals surface area (Å²) in [5.74, 6) is 0. The van der Waals surface area contributed by atoms with E-state index in [0.717, 1.165) is 26.1 Å². The Morgan fingerprint density at radius 2 is 1.79 bits per heavy atom. The molecule has 0 rings (SSSR count). The van der Waals surface area contributed by atoms with Gasteiger partial charge in [0.2, 0.25) is 0 Å². The molecular weight excluding hydrogens is 256 g/mol. The summed E-state index contributed by atoms with van der Waals surface area (Å²) in [5, 5.41) is 0. The normalized spacial score (nSPS) is 11.4. The van der Waals surface area contributed by atoms with Crippen molar-refractivity contribution in [1.29, 1.82) is 0 Å². The first-order chi connectivity index (χ1) is 5.81. The van der Waals surface area contributed by atoms with Crippen LogP contribution in [0.15, 0.2) is 0 Å². The predicted octanol–water partition coefficient (Wildman–Crippen LogP) is -0.597. The van der Waals surface area contributed by atoms with Gasteiger partial charge in [-0.2, -0.15) is 6.42 Å². The fraction of sp³-hybridized carbons (Fsp3) is 0.900. The minimum absolute atomic E-state index is 0. The Morgan fingerprint density at radius 1 is 1.14 bits per heavy atom. The quantitative estimate of drug-likeness (QED) is 0.255. The van der Waals surface area contributed by atoms with Gasteiger partial charge in [0.25, 0.3) is 0 Å². The fourth-order valence-electron chi connectivity index (χ4n) is 0.988. The van der Waals surface area contributed by atoms with Crippen molar-refractivity contribution in [3.05, 3.63) is 6.92 Å². The van der Waals surface area contributed by atoms with Crippen molar-refractivity contribution in [3.63, 3.8) is 0 Å². The van der Waals surface area contributed by atoms with E-state index in [-0.39, 0.29) is 46.3 Å². The second-order valence-corrected chi connectivity index (χ2v) is 2.81. The molecule has 0 aliphatic carbocycles. The van der Waals surface area contributed by atoms with E-state index in [0.29, 0.717) is 0 Å². The third-order valence-electron chi connectivity index (χ3n) is 1.65. The molecule has 1 atom stereocenters. The molecule has 1 unspecified atom stereocenters. The Morgan fingerprint density at radius 3 is 2.29 bits per heavy atom. The zero-order valence-corrected chi connectivity index (χ0v) is 12.4. The van der Waals surface area contributed by atoms with Crippen molar-refractivity contribution in [1.82, 2.24) is 0 Å². The number of ether oxygens (including phenoxy) is 2. The topological polar surface area (TPSA) is 18.5 Å². The Balaban J connectivity index is -0.000000605. The Hall–Kier alpha value is 1.17. The molecule has 0 aromatic carbocycles. The van der Waals surface area contributed by atoms with Crippen molar-refractivity contribution in [2.24, 2.45) is 0 Å². The van der Waals surface area contributed by atoms with E-state index in [1.54, 1.807) is 0 Å². The first kappa shape index (κ1) is 20.6. The molecule has 2 nitrogen and oxygen atoms in total. The molecule has 14 heavy (non-hydrogen) atoms. The Labute approximate surface area is 115 Å². The van der Waals surface area contributed by atoms with Crippen LogP contribution in [-0.4, -0.2) is 42.6 Å². The summed E-state index contributed by atoms with van der Waals surface area (Å²) in [7, 11) is 0. The molecule has 0 radical (unpaired) electrons. The van der Waals surface area contributed by atoms with Gasteiger partial charge in [0, 0.05) is 13.2 Å². The van der Waals surface area contributed by atoms with Crippen molar-refractivity contribution < 1.29 is 26.5 Å². The molecule has 0 aromatic rings. The van der Waals surface area contributed by atoms with Crippen LogP contribution in [0.4, 0.5) is 0 Å². The minimum atomic E-state index is -0.0465. The predicted molar refractivity (Wildman–Crippen MR) is 56.6 cm³/mol. The van der Waals surface area contributed by atoms with Gasteiger partial charge in [0.15, 0.2) is 6.29 Å². The summed E-state index contributed by atoms with van der Waals surface area (Å²) >= 11 is 0. The smallest absolute Gasteiger partial charge is 1.00 e. The van der Waals surface area contributed by atoms with Gasteiger partial charge in [0.05, 0.1) is 0 Å². The van der Waals surface area contributed by atoms with Gasteiger partial charge >= 0.3 is 23.1 Å². The monoisotopic (exact) mass is 276 g/mol. The van der Waals surface area contributed by atoms with Gasteiger partial charge in [-0.05, 0) is 20.3 Å². The molecule has 0 aliphatic rings. The van der Waals surface area contributed by atoms with Crippen LogP contribution < -0.4 is 17.0 Å². The molecule has 0 heterocycles. The number of rotatable bonds is 8. The molecule has 0 bridgehead atoms. The first-order valence-corrected chi connectivity index (χ1v) is 4.83. The third-order valence-corrected chi connectivity index (χ3v) is 1.65. The van der Waals surface area contributed by atoms with Crippen molar-refractivity contribution in [2.45, 2.75) is 45.8 Å². The van der Waals surface area contributed by atoms with E-state index >= 15 is 0 Å². The molecule has 0 N–H and O–H groups in total. The van der Waals surface area contributed by atoms with E-state index in [9.17, 15) is 0 Å². The van der Waals surface area contributed by atoms with Crippen molar-refractivity contribution in [2.75, 3.05) is 13.2 Å². The standard InChI is InChI=1S/C10H21O2.BrH.Mg/c1-4-6-7-8-9-12-10(3)11-5-2;;/h10H,1,4-9H2,2-3H3;1H;/q-1;;+2/p-1. The largest absolute Gasteiger partial charge is 2.00 e. The van der Waals surface area contributed by atoms with E-state index in [2.05, 4.69) is 6.92 Å². The van der Waals surface area contributed by atoms with E-state index in [1.807, 2.05) is 13.8 Å². The van der Waals surface area contributed by atoms with Crippen molar-refractivity contribution >= 4 is 23.1 Å². The van der Waals surface area contributed by atoms with E-state index < -0.39 is 0 Å². The van der Waals surface area contributed by atoms with Crippen LogP contribution in [0.2, 0.25) is 0 Å². The summed E-state index contributed by atoms with van der Waals surface area (Å²) in [6.45, 7) is 9.22. The van der Waals surface area contributed by atoms with Gasteiger partial charge in [-0.3, -0.25) is 0 Å². The fourth-order valence-corrected chi connectivity index (χ4v) is 0.988. The van der Waals surface area contributed by atoms with E-state index in [1.165, 1.54) is 12.8 Å². The maximum absolute atomic E-state index is 5.39. The molecule has 0 fully saturated rings. The van der Waals surface area contributed by atoms with Crippen LogP contribution in [-0.2, 0) is 9.47 Å². The second kappa shape index (κ2) is 16.6. The molecule has 82 valence electrons. The van der Waals surface area contributed by atoms with Gasteiger partial charge in [-0.1, -0.05) is 12.8 Å². The van der Waals surface area contributed by atoms with Gasteiger partial charge in [-0.25, -0.2) is 0 Å².